The Hall–Kier alpha value is -2.60. The zero-order valence-electron chi connectivity index (χ0n) is 10.0. The number of carbonyl (C=O) groups is 1. The van der Waals surface area contributed by atoms with Crippen LogP contribution in [0.3, 0.4) is 0 Å². The van der Waals surface area contributed by atoms with Gasteiger partial charge >= 0.3 is 0 Å². The fraction of sp³-hybridized carbons (Fsp3) is 0.0667. The van der Waals surface area contributed by atoms with Crippen molar-refractivity contribution in [3.63, 3.8) is 0 Å². The summed E-state index contributed by atoms with van der Waals surface area (Å²) in [6, 6.07) is 9.54. The summed E-state index contributed by atoms with van der Waals surface area (Å²) in [5.41, 5.74) is 7.61. The largest absolute Gasteiger partial charge is 0.366 e. The lowest BCUT2D eigenvalue weighted by Gasteiger charge is -2.13. The number of primary amides is 1. The molecule has 0 bridgehead atoms. The molecule has 2 aromatic carbocycles. The number of fused-ring (bicyclic) bond motifs is 1. The van der Waals surface area contributed by atoms with Crippen LogP contribution in [0.5, 0.6) is 0 Å². The van der Waals surface area contributed by atoms with E-state index < -0.39 is 5.91 Å². The van der Waals surface area contributed by atoms with Gasteiger partial charge in [-0.15, -0.1) is 0 Å². The minimum Gasteiger partial charge on any atom is -0.366 e. The van der Waals surface area contributed by atoms with E-state index in [1.54, 1.807) is 0 Å². The number of hydrogen-bond acceptors (Lipinski definition) is 2. The van der Waals surface area contributed by atoms with Crippen LogP contribution in [0.4, 0.5) is 0 Å². The molecule has 0 aromatic heterocycles. The second kappa shape index (κ2) is 4.34. The highest BCUT2D eigenvalue weighted by molar-refractivity contribution is 6.11. The molecule has 3 heteroatoms. The van der Waals surface area contributed by atoms with Crippen LogP contribution in [-0.2, 0) is 0 Å². The Labute approximate surface area is 105 Å². The molecule has 1 amide bonds. The maximum Gasteiger partial charge on any atom is 0.249 e. The van der Waals surface area contributed by atoms with E-state index in [2.05, 4.69) is 12.6 Å². The summed E-state index contributed by atoms with van der Waals surface area (Å²) < 4.78 is 0. The van der Waals surface area contributed by atoms with Gasteiger partial charge in [0.1, 0.15) is 6.07 Å². The first-order chi connectivity index (χ1) is 8.61. The molecule has 0 unspecified atom stereocenters. The average molecular weight is 236 g/mol. The monoisotopic (exact) mass is 236 g/mol. The van der Waals surface area contributed by atoms with Crippen molar-refractivity contribution in [1.82, 2.24) is 0 Å². The summed E-state index contributed by atoms with van der Waals surface area (Å²) in [4.78, 5) is 11.6. The average Bonchev–Trinajstić information content (AvgIpc) is 2.38. The number of benzene rings is 2. The first-order valence-corrected chi connectivity index (χ1v) is 5.49. The van der Waals surface area contributed by atoms with E-state index in [-0.39, 0.29) is 0 Å². The van der Waals surface area contributed by atoms with E-state index in [0.717, 1.165) is 16.3 Å². The molecule has 2 rings (SSSR count). The lowest BCUT2D eigenvalue weighted by Crippen LogP contribution is -2.15. The summed E-state index contributed by atoms with van der Waals surface area (Å²) >= 11 is 0. The highest BCUT2D eigenvalue weighted by atomic mass is 16.1. The Morgan fingerprint density at radius 2 is 2.00 bits per heavy atom. The van der Waals surface area contributed by atoms with Crippen molar-refractivity contribution < 1.29 is 4.79 Å². The quantitative estimate of drug-likeness (QED) is 0.871. The van der Waals surface area contributed by atoms with Crippen molar-refractivity contribution in [2.75, 3.05) is 0 Å². The van der Waals surface area contributed by atoms with Crippen molar-refractivity contribution in [2.24, 2.45) is 5.73 Å². The minimum atomic E-state index is -0.544. The van der Waals surface area contributed by atoms with E-state index in [9.17, 15) is 10.1 Å². The first-order valence-electron chi connectivity index (χ1n) is 5.49. The SMILES string of the molecule is C=Cc1c(C#N)c(C)c2ccccc2c1C(N)=O. The number of nitrogens with zero attached hydrogens (tertiary/aromatic N) is 1. The van der Waals surface area contributed by atoms with Crippen molar-refractivity contribution in [1.29, 1.82) is 5.26 Å². The molecule has 3 nitrogen and oxygen atoms in total. The molecule has 0 aliphatic rings. The van der Waals surface area contributed by atoms with Crippen LogP contribution in [0.15, 0.2) is 30.8 Å². The summed E-state index contributed by atoms with van der Waals surface area (Å²) in [5, 5.41) is 10.9. The van der Waals surface area contributed by atoms with Gasteiger partial charge in [-0.25, -0.2) is 0 Å². The molecule has 2 aromatic rings. The summed E-state index contributed by atoms with van der Waals surface area (Å²) in [6.07, 6.45) is 1.51. The first kappa shape index (κ1) is 11.9. The molecular formula is C15H12N2O. The summed E-state index contributed by atoms with van der Waals surface area (Å²) in [5.74, 6) is -0.544. The highest BCUT2D eigenvalue weighted by Crippen LogP contribution is 2.30. The summed E-state index contributed by atoms with van der Waals surface area (Å²) in [7, 11) is 0. The van der Waals surface area contributed by atoms with Crippen LogP contribution in [0.25, 0.3) is 16.8 Å². The topological polar surface area (TPSA) is 66.9 Å². The van der Waals surface area contributed by atoms with Crippen LogP contribution in [0, 0.1) is 18.3 Å². The fourth-order valence-electron chi connectivity index (χ4n) is 2.25. The maximum absolute atomic E-state index is 11.6. The van der Waals surface area contributed by atoms with Gasteiger partial charge in [-0.05, 0) is 23.3 Å². The fourth-order valence-corrected chi connectivity index (χ4v) is 2.25. The van der Waals surface area contributed by atoms with Gasteiger partial charge in [0.15, 0.2) is 0 Å². The summed E-state index contributed by atoms with van der Waals surface area (Å²) in [6.45, 7) is 5.53. The van der Waals surface area contributed by atoms with Gasteiger partial charge in [0, 0.05) is 5.56 Å². The van der Waals surface area contributed by atoms with Crippen molar-refractivity contribution in [3.05, 3.63) is 53.1 Å². The zero-order chi connectivity index (χ0) is 13.3. The third-order valence-electron chi connectivity index (χ3n) is 3.08. The number of nitriles is 1. The van der Waals surface area contributed by atoms with Crippen LogP contribution >= 0.6 is 0 Å². The number of aryl methyl sites for hydroxylation is 1. The highest BCUT2D eigenvalue weighted by Gasteiger charge is 2.18. The Morgan fingerprint density at radius 1 is 1.39 bits per heavy atom. The molecule has 0 heterocycles. The molecular weight excluding hydrogens is 224 g/mol. The van der Waals surface area contributed by atoms with Crippen LogP contribution in [-0.4, -0.2) is 5.91 Å². The Kier molecular flexibility index (Phi) is 2.86. The predicted octanol–water partition coefficient (Wildman–Crippen LogP) is 2.76. The van der Waals surface area contributed by atoms with Gasteiger partial charge in [0.2, 0.25) is 5.91 Å². The van der Waals surface area contributed by atoms with Gasteiger partial charge < -0.3 is 5.73 Å². The molecule has 0 spiro atoms. The second-order valence-electron chi connectivity index (χ2n) is 4.01. The van der Waals surface area contributed by atoms with Crippen LogP contribution < -0.4 is 5.73 Å². The van der Waals surface area contributed by atoms with Gasteiger partial charge in [-0.3, -0.25) is 4.79 Å². The number of amides is 1. The van der Waals surface area contributed by atoms with Crippen LogP contribution in [0.2, 0.25) is 0 Å². The molecule has 0 aliphatic heterocycles. The lowest BCUT2D eigenvalue weighted by molar-refractivity contribution is 0.100. The molecule has 88 valence electrons. The molecule has 0 fully saturated rings. The number of rotatable bonds is 2. The third kappa shape index (κ3) is 1.56. The van der Waals surface area contributed by atoms with E-state index in [1.807, 2.05) is 31.2 Å². The van der Waals surface area contributed by atoms with E-state index >= 15 is 0 Å². The number of nitrogens with two attached hydrogens (primary N) is 1. The smallest absolute Gasteiger partial charge is 0.249 e. The normalized spacial score (nSPS) is 10.0. The molecule has 0 saturated carbocycles. The standard InChI is InChI=1S/C15H12N2O/c1-3-10-13(8-16)9(2)11-6-4-5-7-12(11)14(10)15(17)18/h3-7H,1H2,2H3,(H2,17,18). The van der Waals surface area contributed by atoms with E-state index in [0.29, 0.717) is 16.7 Å². The molecule has 0 radical (unpaired) electrons. The predicted molar refractivity (Wildman–Crippen MR) is 72.0 cm³/mol. The van der Waals surface area contributed by atoms with Gasteiger partial charge in [-0.2, -0.15) is 5.26 Å². The van der Waals surface area contributed by atoms with Crippen molar-refractivity contribution >= 4 is 22.8 Å². The minimum absolute atomic E-state index is 0.364. The zero-order valence-corrected chi connectivity index (χ0v) is 10.0. The molecule has 0 saturated heterocycles. The molecule has 18 heavy (non-hydrogen) atoms. The van der Waals surface area contributed by atoms with Crippen LogP contribution in [0.1, 0.15) is 27.0 Å². The van der Waals surface area contributed by atoms with Gasteiger partial charge in [-0.1, -0.05) is 36.9 Å². The Balaban J connectivity index is 3.12. The maximum atomic E-state index is 11.6. The molecule has 0 aliphatic carbocycles. The second-order valence-corrected chi connectivity index (χ2v) is 4.01. The Morgan fingerprint density at radius 3 is 2.50 bits per heavy atom. The molecule has 2 N–H and O–H groups in total. The Bertz CT molecular complexity index is 708. The number of carbonyl (C=O) groups excluding carboxylic acids is 1. The van der Waals surface area contributed by atoms with Gasteiger partial charge in [0.05, 0.1) is 11.1 Å². The van der Waals surface area contributed by atoms with Gasteiger partial charge in [0.25, 0.3) is 0 Å². The third-order valence-corrected chi connectivity index (χ3v) is 3.08. The molecule has 0 atom stereocenters. The number of hydrogen-bond donors (Lipinski definition) is 1. The van der Waals surface area contributed by atoms with E-state index in [1.165, 1.54) is 6.08 Å². The van der Waals surface area contributed by atoms with Crippen molar-refractivity contribution in [3.8, 4) is 6.07 Å². The lowest BCUT2D eigenvalue weighted by atomic mass is 9.90. The van der Waals surface area contributed by atoms with E-state index in [4.69, 9.17) is 5.73 Å². The van der Waals surface area contributed by atoms with Crippen molar-refractivity contribution in [2.45, 2.75) is 6.92 Å².